The molecule has 1 aromatic heterocycles. The van der Waals surface area contributed by atoms with E-state index in [1.165, 1.54) is 60.8 Å². The summed E-state index contributed by atoms with van der Waals surface area (Å²) in [6.07, 6.45) is 7.96. The average Bonchev–Trinajstić information content (AvgIpc) is 3.57. The van der Waals surface area contributed by atoms with Gasteiger partial charge in [0.05, 0.1) is 16.0 Å². The van der Waals surface area contributed by atoms with Crippen molar-refractivity contribution in [2.45, 2.75) is 74.4 Å². The van der Waals surface area contributed by atoms with Crippen LogP contribution < -0.4 is 10.6 Å². The summed E-state index contributed by atoms with van der Waals surface area (Å²) < 4.78 is 75.0. The summed E-state index contributed by atoms with van der Waals surface area (Å²) in [6.45, 7) is 0. The first-order valence-corrected chi connectivity index (χ1v) is 16.3. The highest BCUT2D eigenvalue weighted by Crippen LogP contribution is 2.53. The number of halogens is 4. The first-order chi connectivity index (χ1) is 21.6. The fraction of sp³-hybridized carbons (Fsp3) is 0.353. The molecule has 2 heterocycles. The van der Waals surface area contributed by atoms with Crippen LogP contribution in [0.15, 0.2) is 94.8 Å². The number of alkyl halides is 2. The minimum absolute atomic E-state index is 0.00692. The molecule has 6 nitrogen and oxygen atoms in total. The van der Waals surface area contributed by atoms with Crippen molar-refractivity contribution in [2.75, 3.05) is 5.32 Å². The number of aromatic nitrogens is 1. The lowest BCUT2D eigenvalue weighted by Crippen LogP contribution is -2.52. The largest absolute Gasteiger partial charge is 0.354 e. The van der Waals surface area contributed by atoms with Crippen LogP contribution in [0.1, 0.15) is 67.4 Å². The Hall–Kier alpha value is -3.83. The molecule has 3 unspecified atom stereocenters. The van der Waals surface area contributed by atoms with Crippen molar-refractivity contribution in [3.05, 3.63) is 113 Å². The molecular formula is C34H32F4N4O2S. The lowest BCUT2D eigenvalue weighted by molar-refractivity contribution is -0.0333. The third-order valence-corrected chi connectivity index (χ3v) is 11.2. The van der Waals surface area contributed by atoms with Crippen LogP contribution in [0.2, 0.25) is 0 Å². The molecule has 7 rings (SSSR count). The van der Waals surface area contributed by atoms with Crippen LogP contribution in [-0.4, -0.2) is 31.4 Å². The number of pyridine rings is 1. The first-order valence-electron chi connectivity index (χ1n) is 15.2. The summed E-state index contributed by atoms with van der Waals surface area (Å²) in [7, 11) is -1.62. The molecule has 1 aliphatic heterocycles. The Morgan fingerprint density at radius 1 is 0.933 bits per heavy atom. The molecule has 3 aliphatic carbocycles. The Bertz CT molecular complexity index is 1720. The highest BCUT2D eigenvalue weighted by molar-refractivity contribution is 7.82. The summed E-state index contributed by atoms with van der Waals surface area (Å²) >= 11 is 0. The van der Waals surface area contributed by atoms with E-state index >= 15 is 8.78 Å². The van der Waals surface area contributed by atoms with Gasteiger partial charge < -0.3 is 10.6 Å². The zero-order valence-corrected chi connectivity index (χ0v) is 25.2. The Labute approximate surface area is 261 Å². The molecule has 2 fully saturated rings. The Morgan fingerprint density at radius 2 is 1.62 bits per heavy atom. The molecule has 4 bridgehead atoms. The standard InChI is InChI=1S/C34H32F4N4O2S/c35-23-6-10-25(11-7-23)40-29-17-21-5-12-27(42(26-3-1-2-4-26)45(44)28-13-8-24(36)9-14-28)19-33(21)20-31(29)41-34(37,38)22-15-16-39-30(18-22)32(33)43/h6-11,13-18,26-27,40-41H,1-5,12,19-20H2. The van der Waals surface area contributed by atoms with Crippen LogP contribution in [0.3, 0.4) is 0 Å². The minimum atomic E-state index is -3.51. The molecule has 3 aromatic rings. The number of nitrogens with one attached hydrogen (secondary N) is 2. The number of anilines is 1. The van der Waals surface area contributed by atoms with E-state index in [1.54, 1.807) is 6.08 Å². The van der Waals surface area contributed by atoms with Gasteiger partial charge in [0.15, 0.2) is 5.78 Å². The van der Waals surface area contributed by atoms with Crippen LogP contribution in [-0.2, 0) is 17.0 Å². The van der Waals surface area contributed by atoms with Crippen LogP contribution >= 0.6 is 0 Å². The van der Waals surface area contributed by atoms with Gasteiger partial charge in [-0.15, -0.1) is 0 Å². The normalized spacial score (nSPS) is 25.0. The smallest absolute Gasteiger partial charge is 0.350 e. The van der Waals surface area contributed by atoms with E-state index in [-0.39, 0.29) is 47.7 Å². The zero-order valence-electron chi connectivity index (χ0n) is 24.4. The monoisotopic (exact) mass is 636 g/mol. The molecule has 45 heavy (non-hydrogen) atoms. The van der Waals surface area contributed by atoms with E-state index in [1.807, 2.05) is 4.31 Å². The van der Waals surface area contributed by atoms with Gasteiger partial charge in [0.25, 0.3) is 0 Å². The number of carbonyl (C=O) groups is 1. The van der Waals surface area contributed by atoms with Crippen LogP contribution in [0, 0.1) is 17.0 Å². The first kappa shape index (κ1) is 29.9. The van der Waals surface area contributed by atoms with Gasteiger partial charge in [-0.05, 0) is 98.8 Å². The molecule has 0 saturated heterocycles. The molecule has 2 saturated carbocycles. The molecule has 0 radical (unpaired) electrons. The van der Waals surface area contributed by atoms with Crippen LogP contribution in [0.4, 0.5) is 23.2 Å². The van der Waals surface area contributed by atoms with E-state index < -0.39 is 34.1 Å². The second-order valence-electron chi connectivity index (χ2n) is 12.3. The van der Waals surface area contributed by atoms with Crippen molar-refractivity contribution >= 4 is 22.5 Å². The van der Waals surface area contributed by atoms with Gasteiger partial charge in [0.1, 0.15) is 28.3 Å². The van der Waals surface area contributed by atoms with Gasteiger partial charge in [-0.1, -0.05) is 18.4 Å². The van der Waals surface area contributed by atoms with Gasteiger partial charge in [-0.3, -0.25) is 9.78 Å². The maximum atomic E-state index is 15.7. The third-order valence-electron chi connectivity index (χ3n) is 9.54. The number of hydrogen-bond acceptors (Lipinski definition) is 5. The summed E-state index contributed by atoms with van der Waals surface area (Å²) in [5.41, 5.74) is 0.198. The number of fused-ring (bicyclic) bond motifs is 3. The lowest BCUT2D eigenvalue weighted by atomic mass is 9.61. The Balaban J connectivity index is 1.32. The van der Waals surface area contributed by atoms with Gasteiger partial charge in [0.2, 0.25) is 0 Å². The van der Waals surface area contributed by atoms with E-state index in [2.05, 4.69) is 15.6 Å². The topological polar surface area (TPSA) is 74.3 Å². The molecule has 0 amide bonds. The SMILES string of the molecule is O=C1c2cc(ccn2)C(F)(F)NC2=C(Nc3ccc(F)cc3)C=C3CCC(N(C4CCCC4)S(=O)c4ccc(F)cc4)CC13C2. The average molecular weight is 637 g/mol. The predicted octanol–water partition coefficient (Wildman–Crippen LogP) is 7.36. The highest BCUT2D eigenvalue weighted by Gasteiger charge is 2.53. The Morgan fingerprint density at radius 3 is 2.33 bits per heavy atom. The molecule has 234 valence electrons. The number of nitrogens with zero attached hydrogens (tertiary/aromatic N) is 2. The molecule has 2 aromatic carbocycles. The van der Waals surface area contributed by atoms with Crippen molar-refractivity contribution < 1.29 is 26.6 Å². The summed E-state index contributed by atoms with van der Waals surface area (Å²) in [5.74, 6) is -1.19. The highest BCUT2D eigenvalue weighted by atomic mass is 32.2. The van der Waals surface area contributed by atoms with Gasteiger partial charge in [-0.25, -0.2) is 17.3 Å². The maximum absolute atomic E-state index is 15.7. The number of rotatable bonds is 6. The number of ketones is 1. The van der Waals surface area contributed by atoms with Crippen molar-refractivity contribution in [2.24, 2.45) is 5.41 Å². The Kier molecular flexibility index (Phi) is 7.64. The number of carbonyl (C=O) groups excluding carboxylic acids is 1. The maximum Gasteiger partial charge on any atom is 0.350 e. The number of benzene rings is 2. The number of Topliss-reactive ketones (excluding diaryl/α,β-unsaturated/α-hetero) is 1. The van der Waals surface area contributed by atoms with E-state index in [0.717, 1.165) is 37.3 Å². The van der Waals surface area contributed by atoms with Crippen molar-refractivity contribution in [3.8, 4) is 0 Å². The van der Waals surface area contributed by atoms with Gasteiger partial charge >= 0.3 is 6.05 Å². The fourth-order valence-corrected chi connectivity index (χ4v) is 8.90. The third kappa shape index (κ3) is 5.50. The minimum Gasteiger partial charge on any atom is -0.354 e. The molecular weight excluding hydrogens is 604 g/mol. The van der Waals surface area contributed by atoms with Crippen molar-refractivity contribution in [1.82, 2.24) is 14.6 Å². The molecule has 3 atom stereocenters. The quantitative estimate of drug-likeness (QED) is 0.219. The van der Waals surface area contributed by atoms with Crippen LogP contribution in [0.5, 0.6) is 0 Å². The fourth-order valence-electron chi connectivity index (χ4n) is 7.36. The molecule has 1 spiro atoms. The lowest BCUT2D eigenvalue weighted by Gasteiger charge is -2.48. The zero-order chi connectivity index (χ0) is 31.3. The van der Waals surface area contributed by atoms with Gasteiger partial charge in [0, 0.05) is 41.6 Å². The van der Waals surface area contributed by atoms with Crippen molar-refractivity contribution in [3.63, 3.8) is 0 Å². The van der Waals surface area contributed by atoms with E-state index in [9.17, 15) is 17.8 Å². The van der Waals surface area contributed by atoms with Gasteiger partial charge in [-0.2, -0.15) is 8.78 Å². The molecule has 2 N–H and O–H groups in total. The van der Waals surface area contributed by atoms with Crippen LogP contribution in [0.25, 0.3) is 0 Å². The predicted molar refractivity (Wildman–Crippen MR) is 162 cm³/mol. The number of hydrogen-bond donors (Lipinski definition) is 2. The second kappa shape index (κ2) is 11.5. The summed E-state index contributed by atoms with van der Waals surface area (Å²) in [4.78, 5) is 19.3. The molecule has 4 aliphatic rings. The molecule has 11 heteroatoms. The number of allylic oxidation sites excluding steroid dienone is 3. The van der Waals surface area contributed by atoms with E-state index in [0.29, 0.717) is 29.1 Å². The second-order valence-corrected chi connectivity index (χ2v) is 13.7. The summed E-state index contributed by atoms with van der Waals surface area (Å²) in [5, 5.41) is 5.60. The van der Waals surface area contributed by atoms with E-state index in [4.69, 9.17) is 0 Å². The van der Waals surface area contributed by atoms with Crippen molar-refractivity contribution in [1.29, 1.82) is 0 Å². The summed E-state index contributed by atoms with van der Waals surface area (Å²) in [6, 6.07) is 9.79.